The molecule has 0 atom stereocenters. The fraction of sp³-hybridized carbons (Fsp3) is 0.0769. The van der Waals surface area contributed by atoms with Crippen molar-refractivity contribution < 1.29 is 9.53 Å². The first-order chi connectivity index (χ1) is 9.51. The van der Waals surface area contributed by atoms with Crippen LogP contribution in [0.3, 0.4) is 0 Å². The van der Waals surface area contributed by atoms with E-state index in [9.17, 15) is 4.79 Å². The van der Waals surface area contributed by atoms with E-state index in [1.807, 2.05) is 6.07 Å². The topological polar surface area (TPSA) is 77.2 Å². The van der Waals surface area contributed by atoms with E-state index in [1.54, 1.807) is 18.2 Å². The Morgan fingerprint density at radius 2 is 2.15 bits per heavy atom. The Labute approximate surface area is 129 Å². The molecule has 1 aromatic heterocycles. The van der Waals surface area contributed by atoms with Crippen LogP contribution < -0.4 is 11.1 Å². The molecule has 0 aliphatic rings. The minimum Gasteiger partial charge on any atom is -0.464 e. The summed E-state index contributed by atoms with van der Waals surface area (Å²) in [5.74, 6) is -0.188. The monoisotopic (exact) mass is 355 g/mol. The number of carbonyl (C=O) groups is 1. The van der Waals surface area contributed by atoms with Crippen molar-refractivity contribution in [2.45, 2.75) is 0 Å². The van der Waals surface area contributed by atoms with Gasteiger partial charge in [0.25, 0.3) is 0 Å². The second kappa shape index (κ2) is 6.11. The average Bonchev–Trinajstić information content (AvgIpc) is 2.43. The molecule has 7 heteroatoms. The minimum absolute atomic E-state index is 0.164. The number of aromatic nitrogens is 1. The minimum atomic E-state index is -0.532. The molecule has 0 spiro atoms. The molecule has 0 amide bonds. The van der Waals surface area contributed by atoms with Crippen molar-refractivity contribution in [2.24, 2.45) is 0 Å². The summed E-state index contributed by atoms with van der Waals surface area (Å²) in [5, 5.41) is 3.49. The number of methoxy groups -OCH3 is 1. The van der Waals surface area contributed by atoms with E-state index in [0.717, 1.165) is 4.47 Å². The summed E-state index contributed by atoms with van der Waals surface area (Å²) in [4.78, 5) is 15.6. The number of benzene rings is 1. The van der Waals surface area contributed by atoms with Crippen molar-refractivity contribution in [1.82, 2.24) is 4.98 Å². The van der Waals surface area contributed by atoms with Gasteiger partial charge in [-0.3, -0.25) is 0 Å². The van der Waals surface area contributed by atoms with Crippen molar-refractivity contribution in [3.63, 3.8) is 0 Å². The van der Waals surface area contributed by atoms with Crippen LogP contribution in [0.5, 0.6) is 0 Å². The van der Waals surface area contributed by atoms with E-state index in [0.29, 0.717) is 22.2 Å². The summed E-state index contributed by atoms with van der Waals surface area (Å²) in [6.45, 7) is 0. The maximum absolute atomic E-state index is 11.5. The summed E-state index contributed by atoms with van der Waals surface area (Å²) in [5.41, 5.74) is 7.03. The Balaban J connectivity index is 2.35. The number of carbonyl (C=O) groups excluding carboxylic acids is 1. The van der Waals surface area contributed by atoms with Gasteiger partial charge in [-0.05, 0) is 30.3 Å². The highest BCUT2D eigenvalue weighted by atomic mass is 79.9. The van der Waals surface area contributed by atoms with Gasteiger partial charge in [0.1, 0.15) is 0 Å². The van der Waals surface area contributed by atoms with Crippen LogP contribution in [0.4, 0.5) is 17.2 Å². The first-order valence-corrected chi connectivity index (χ1v) is 6.75. The highest BCUT2D eigenvalue weighted by molar-refractivity contribution is 9.10. The van der Waals surface area contributed by atoms with Crippen molar-refractivity contribution in [1.29, 1.82) is 0 Å². The average molecular weight is 357 g/mol. The summed E-state index contributed by atoms with van der Waals surface area (Å²) in [6.07, 6.45) is 0. The SMILES string of the molecule is COC(=O)c1ccc(N)c(Nc2ccc(Br)cc2Cl)n1. The molecule has 104 valence electrons. The van der Waals surface area contributed by atoms with E-state index >= 15 is 0 Å². The summed E-state index contributed by atoms with van der Waals surface area (Å²) >= 11 is 9.43. The highest BCUT2D eigenvalue weighted by Gasteiger charge is 2.11. The molecular formula is C13H11BrClN3O2. The Bertz CT molecular complexity index is 664. The van der Waals surface area contributed by atoms with Crippen molar-refractivity contribution in [2.75, 3.05) is 18.2 Å². The largest absolute Gasteiger partial charge is 0.464 e. The van der Waals surface area contributed by atoms with Gasteiger partial charge < -0.3 is 15.8 Å². The van der Waals surface area contributed by atoms with E-state index in [4.69, 9.17) is 17.3 Å². The van der Waals surface area contributed by atoms with E-state index in [1.165, 1.54) is 13.2 Å². The number of nitrogens with two attached hydrogens (primary N) is 1. The van der Waals surface area contributed by atoms with Crippen LogP contribution in [0.2, 0.25) is 5.02 Å². The molecule has 0 aliphatic heterocycles. The van der Waals surface area contributed by atoms with Crippen LogP contribution in [0.15, 0.2) is 34.8 Å². The zero-order chi connectivity index (χ0) is 14.7. The van der Waals surface area contributed by atoms with Crippen molar-refractivity contribution in [3.05, 3.63) is 45.5 Å². The van der Waals surface area contributed by atoms with Crippen LogP contribution in [0, 0.1) is 0 Å². The summed E-state index contributed by atoms with van der Waals surface area (Å²) in [7, 11) is 1.29. The van der Waals surface area contributed by atoms with Gasteiger partial charge in [0, 0.05) is 4.47 Å². The van der Waals surface area contributed by atoms with Gasteiger partial charge in [0.2, 0.25) is 0 Å². The number of nitrogens with zero attached hydrogens (tertiary/aromatic N) is 1. The van der Waals surface area contributed by atoms with Crippen LogP contribution in [-0.2, 0) is 4.74 Å². The number of anilines is 3. The molecule has 5 nitrogen and oxygen atoms in total. The molecule has 1 aromatic carbocycles. The maximum atomic E-state index is 11.5. The summed E-state index contributed by atoms with van der Waals surface area (Å²) in [6, 6.07) is 8.42. The normalized spacial score (nSPS) is 10.2. The molecule has 0 aliphatic carbocycles. The zero-order valence-electron chi connectivity index (χ0n) is 10.5. The van der Waals surface area contributed by atoms with Gasteiger partial charge in [-0.1, -0.05) is 27.5 Å². The lowest BCUT2D eigenvalue weighted by Gasteiger charge is -2.11. The summed E-state index contributed by atoms with van der Waals surface area (Å²) < 4.78 is 5.48. The molecule has 2 rings (SSSR count). The Kier molecular flexibility index (Phi) is 4.46. The number of rotatable bonds is 3. The molecule has 0 unspecified atom stereocenters. The van der Waals surface area contributed by atoms with Crippen molar-refractivity contribution in [3.8, 4) is 0 Å². The standard InChI is InChI=1S/C13H11BrClN3O2/c1-20-13(19)11-5-3-9(16)12(18-11)17-10-4-2-7(14)6-8(10)15/h2-6H,16H2,1H3,(H,17,18). The smallest absolute Gasteiger partial charge is 0.356 e. The Morgan fingerprint density at radius 3 is 2.80 bits per heavy atom. The maximum Gasteiger partial charge on any atom is 0.356 e. The highest BCUT2D eigenvalue weighted by Crippen LogP contribution is 2.29. The zero-order valence-corrected chi connectivity index (χ0v) is 12.8. The Morgan fingerprint density at radius 1 is 1.40 bits per heavy atom. The van der Waals surface area contributed by atoms with E-state index in [2.05, 4.69) is 31.0 Å². The third-order valence-corrected chi connectivity index (χ3v) is 3.31. The number of nitrogens with one attached hydrogen (secondary N) is 1. The van der Waals surface area contributed by atoms with Crippen LogP contribution >= 0.6 is 27.5 Å². The molecule has 20 heavy (non-hydrogen) atoms. The predicted molar refractivity (Wildman–Crippen MR) is 82.4 cm³/mol. The second-order valence-electron chi connectivity index (χ2n) is 3.88. The molecular weight excluding hydrogens is 346 g/mol. The number of esters is 1. The molecule has 0 saturated heterocycles. The van der Waals surface area contributed by atoms with E-state index in [-0.39, 0.29) is 5.69 Å². The number of pyridine rings is 1. The lowest BCUT2D eigenvalue weighted by molar-refractivity contribution is 0.0594. The fourth-order valence-corrected chi connectivity index (χ4v) is 2.23. The van der Waals surface area contributed by atoms with Crippen LogP contribution in [0.1, 0.15) is 10.5 Å². The first-order valence-electron chi connectivity index (χ1n) is 5.58. The van der Waals surface area contributed by atoms with Crippen LogP contribution in [-0.4, -0.2) is 18.1 Å². The van der Waals surface area contributed by atoms with Gasteiger partial charge in [-0.15, -0.1) is 0 Å². The third-order valence-electron chi connectivity index (χ3n) is 2.51. The molecule has 0 radical (unpaired) electrons. The molecule has 2 aromatic rings. The predicted octanol–water partition coefficient (Wildman–Crippen LogP) is 3.61. The number of nitrogen functional groups attached to an aromatic ring is 1. The van der Waals surface area contributed by atoms with Gasteiger partial charge in [0.15, 0.2) is 11.5 Å². The fourth-order valence-electron chi connectivity index (χ4n) is 1.51. The number of ether oxygens (including phenoxy) is 1. The molecule has 0 saturated carbocycles. The lowest BCUT2D eigenvalue weighted by Crippen LogP contribution is -2.08. The van der Waals surface area contributed by atoms with Gasteiger partial charge >= 0.3 is 5.97 Å². The number of hydrogen-bond acceptors (Lipinski definition) is 5. The molecule has 1 heterocycles. The van der Waals surface area contributed by atoms with Crippen molar-refractivity contribution >= 4 is 50.7 Å². The third kappa shape index (κ3) is 3.20. The van der Waals surface area contributed by atoms with Gasteiger partial charge in [-0.2, -0.15) is 0 Å². The Hall–Kier alpha value is -1.79. The quantitative estimate of drug-likeness (QED) is 0.822. The number of halogens is 2. The second-order valence-corrected chi connectivity index (χ2v) is 5.20. The molecule has 0 fully saturated rings. The van der Waals surface area contributed by atoms with Crippen LogP contribution in [0.25, 0.3) is 0 Å². The van der Waals surface area contributed by atoms with Gasteiger partial charge in [-0.25, -0.2) is 9.78 Å². The number of hydrogen-bond donors (Lipinski definition) is 2. The molecule has 3 N–H and O–H groups in total. The van der Waals surface area contributed by atoms with E-state index < -0.39 is 5.97 Å². The van der Waals surface area contributed by atoms with Gasteiger partial charge in [0.05, 0.1) is 23.5 Å². The molecule has 0 bridgehead atoms. The lowest BCUT2D eigenvalue weighted by atomic mass is 10.3. The first kappa shape index (κ1) is 14.6.